The van der Waals surface area contributed by atoms with E-state index in [9.17, 15) is 4.79 Å². The second-order valence-corrected chi connectivity index (χ2v) is 10.9. The SMILES string of the molecule is COCCOc1cccc(-c2ccc3c(c2)CCC(C)(C)C3NC(=O)O[C@@H]2CN3CCC2CC3)c1. The summed E-state index contributed by atoms with van der Waals surface area (Å²) in [5, 5.41) is 3.26. The molecule has 35 heavy (non-hydrogen) atoms. The molecule has 3 fully saturated rings. The number of ether oxygens (including phenoxy) is 3. The molecule has 2 bridgehead atoms. The van der Waals surface area contributed by atoms with Crippen LogP contribution in [0.1, 0.15) is 50.3 Å². The number of hydrogen-bond donors (Lipinski definition) is 1. The molecule has 0 radical (unpaired) electrons. The predicted octanol–water partition coefficient (Wildman–Crippen LogP) is 5.21. The van der Waals surface area contributed by atoms with Crippen molar-refractivity contribution in [3.63, 3.8) is 0 Å². The average Bonchev–Trinajstić information content (AvgIpc) is 2.87. The van der Waals surface area contributed by atoms with Crippen molar-refractivity contribution >= 4 is 6.09 Å². The van der Waals surface area contributed by atoms with Crippen molar-refractivity contribution in [1.29, 1.82) is 0 Å². The second kappa shape index (κ2) is 10.2. The van der Waals surface area contributed by atoms with Crippen LogP contribution in [-0.4, -0.2) is 57.1 Å². The standard InChI is InChI=1S/C29H38N2O4/c1-29(2)12-9-23-17-22(21-5-4-6-24(18-21)34-16-15-33-3)7-8-25(23)27(29)30-28(32)35-26-19-31-13-10-20(26)11-14-31/h4-8,17-18,20,26-27H,9-16,19H2,1-3H3,(H,30,32)/t26-,27?/m1/s1. The molecule has 6 rings (SSSR count). The van der Waals surface area contributed by atoms with Gasteiger partial charge in [-0.2, -0.15) is 0 Å². The fourth-order valence-electron chi connectivity index (χ4n) is 5.92. The number of carbonyl (C=O) groups is 1. The summed E-state index contributed by atoms with van der Waals surface area (Å²) in [5.41, 5.74) is 4.73. The Morgan fingerprint density at radius 3 is 2.63 bits per heavy atom. The van der Waals surface area contributed by atoms with Crippen molar-refractivity contribution in [2.45, 2.75) is 51.7 Å². The number of carbonyl (C=O) groups excluding carboxylic acids is 1. The Balaban J connectivity index is 1.31. The number of nitrogens with one attached hydrogen (secondary N) is 1. The smallest absolute Gasteiger partial charge is 0.407 e. The lowest BCUT2D eigenvalue weighted by molar-refractivity contribution is -0.0353. The summed E-state index contributed by atoms with van der Waals surface area (Å²) in [6.45, 7) is 8.73. The molecule has 1 N–H and O–H groups in total. The number of fused-ring (bicyclic) bond motifs is 4. The maximum atomic E-state index is 13.0. The monoisotopic (exact) mass is 478 g/mol. The highest BCUT2D eigenvalue weighted by Gasteiger charge is 2.40. The van der Waals surface area contributed by atoms with E-state index in [1.165, 1.54) is 11.1 Å². The molecule has 1 aliphatic carbocycles. The van der Waals surface area contributed by atoms with Gasteiger partial charge in [0.25, 0.3) is 0 Å². The Hall–Kier alpha value is -2.57. The number of nitrogens with zero attached hydrogens (tertiary/aromatic N) is 1. The van der Waals surface area contributed by atoms with Crippen molar-refractivity contribution in [3.8, 4) is 16.9 Å². The maximum Gasteiger partial charge on any atom is 0.407 e. The zero-order valence-electron chi connectivity index (χ0n) is 21.2. The van der Waals surface area contributed by atoms with Gasteiger partial charge in [-0.25, -0.2) is 4.79 Å². The van der Waals surface area contributed by atoms with Crippen molar-refractivity contribution in [2.24, 2.45) is 11.3 Å². The minimum atomic E-state index is -0.278. The van der Waals surface area contributed by atoms with E-state index >= 15 is 0 Å². The number of aryl methyl sites for hydroxylation is 1. The second-order valence-electron chi connectivity index (χ2n) is 10.9. The van der Waals surface area contributed by atoms with E-state index in [1.54, 1.807) is 7.11 Å². The first-order valence-corrected chi connectivity index (χ1v) is 13.0. The topological polar surface area (TPSA) is 60.0 Å². The molecule has 0 aromatic heterocycles. The number of amides is 1. The number of alkyl carbamates (subject to hydrolysis) is 1. The Morgan fingerprint density at radius 1 is 1.09 bits per heavy atom. The molecular weight excluding hydrogens is 440 g/mol. The summed E-state index contributed by atoms with van der Waals surface area (Å²) in [4.78, 5) is 15.4. The summed E-state index contributed by atoms with van der Waals surface area (Å²) >= 11 is 0. The van der Waals surface area contributed by atoms with Crippen molar-refractivity contribution in [1.82, 2.24) is 10.2 Å². The van der Waals surface area contributed by atoms with E-state index in [0.29, 0.717) is 19.1 Å². The average molecular weight is 479 g/mol. The first-order chi connectivity index (χ1) is 16.9. The van der Waals surface area contributed by atoms with Crippen LogP contribution < -0.4 is 10.1 Å². The largest absolute Gasteiger partial charge is 0.491 e. The van der Waals surface area contributed by atoms with E-state index in [4.69, 9.17) is 14.2 Å². The molecule has 3 saturated heterocycles. The van der Waals surface area contributed by atoms with Crippen LogP contribution in [-0.2, 0) is 15.9 Å². The van der Waals surface area contributed by atoms with Crippen LogP contribution in [0, 0.1) is 11.3 Å². The molecule has 1 amide bonds. The van der Waals surface area contributed by atoms with Crippen LogP contribution in [0.3, 0.4) is 0 Å². The summed E-state index contributed by atoms with van der Waals surface area (Å²) in [7, 11) is 1.67. The fraction of sp³-hybridized carbons (Fsp3) is 0.552. The molecule has 188 valence electrons. The normalized spacial score (nSPS) is 26.6. The molecule has 0 saturated carbocycles. The molecule has 3 aliphatic heterocycles. The van der Waals surface area contributed by atoms with Gasteiger partial charge in [0.2, 0.25) is 0 Å². The van der Waals surface area contributed by atoms with Crippen molar-refractivity contribution in [2.75, 3.05) is 40.0 Å². The molecule has 2 atom stereocenters. The Labute approximate surface area is 208 Å². The molecular formula is C29H38N2O4. The van der Waals surface area contributed by atoms with E-state index in [2.05, 4.69) is 54.4 Å². The van der Waals surface area contributed by atoms with Crippen LogP contribution in [0.5, 0.6) is 5.75 Å². The van der Waals surface area contributed by atoms with Gasteiger partial charge in [0, 0.05) is 13.7 Å². The van der Waals surface area contributed by atoms with Crippen LogP contribution in [0.15, 0.2) is 42.5 Å². The van der Waals surface area contributed by atoms with Gasteiger partial charge in [-0.05, 0) is 84.5 Å². The van der Waals surface area contributed by atoms with E-state index in [-0.39, 0.29) is 23.7 Å². The quantitative estimate of drug-likeness (QED) is 0.554. The Bertz CT molecular complexity index is 1040. The first-order valence-electron chi connectivity index (χ1n) is 13.0. The predicted molar refractivity (Wildman–Crippen MR) is 137 cm³/mol. The van der Waals surface area contributed by atoms with Gasteiger partial charge in [0.15, 0.2) is 0 Å². The van der Waals surface area contributed by atoms with Crippen LogP contribution in [0.2, 0.25) is 0 Å². The van der Waals surface area contributed by atoms with Crippen molar-refractivity contribution in [3.05, 3.63) is 53.6 Å². The van der Waals surface area contributed by atoms with E-state index in [1.807, 2.05) is 12.1 Å². The van der Waals surface area contributed by atoms with Crippen molar-refractivity contribution < 1.29 is 19.0 Å². The van der Waals surface area contributed by atoms with Gasteiger partial charge in [0.05, 0.1) is 12.6 Å². The van der Waals surface area contributed by atoms with Gasteiger partial charge in [0.1, 0.15) is 18.5 Å². The third-order valence-electron chi connectivity index (χ3n) is 8.11. The highest BCUT2D eigenvalue weighted by Crippen LogP contribution is 2.44. The van der Waals surface area contributed by atoms with Gasteiger partial charge >= 0.3 is 6.09 Å². The zero-order valence-corrected chi connectivity index (χ0v) is 21.2. The number of methoxy groups -OCH3 is 1. The lowest BCUT2D eigenvalue weighted by Crippen LogP contribution is -2.53. The molecule has 2 aromatic carbocycles. The van der Waals surface area contributed by atoms with Gasteiger partial charge in [-0.1, -0.05) is 44.2 Å². The third kappa shape index (κ3) is 5.34. The number of rotatable bonds is 7. The maximum absolute atomic E-state index is 13.0. The highest BCUT2D eigenvalue weighted by atomic mass is 16.6. The Kier molecular flexibility index (Phi) is 7.03. The highest BCUT2D eigenvalue weighted by molar-refractivity contribution is 5.70. The molecule has 6 heteroatoms. The fourth-order valence-corrected chi connectivity index (χ4v) is 5.92. The molecule has 6 nitrogen and oxygen atoms in total. The summed E-state index contributed by atoms with van der Waals surface area (Å²) in [6.07, 6.45) is 4.01. The van der Waals surface area contributed by atoms with Crippen LogP contribution >= 0.6 is 0 Å². The summed E-state index contributed by atoms with van der Waals surface area (Å²) in [5.74, 6) is 1.35. The summed E-state index contributed by atoms with van der Waals surface area (Å²) < 4.78 is 16.9. The first kappa shape index (κ1) is 24.1. The van der Waals surface area contributed by atoms with E-state index < -0.39 is 0 Å². The van der Waals surface area contributed by atoms with Crippen LogP contribution in [0.4, 0.5) is 4.79 Å². The lowest BCUT2D eigenvalue weighted by atomic mass is 9.70. The van der Waals surface area contributed by atoms with E-state index in [0.717, 1.165) is 62.2 Å². The molecule has 4 aliphatic rings. The molecule has 3 heterocycles. The lowest BCUT2D eigenvalue weighted by Gasteiger charge is -2.44. The molecule has 0 spiro atoms. The van der Waals surface area contributed by atoms with Gasteiger partial charge in [-0.3, -0.25) is 4.90 Å². The van der Waals surface area contributed by atoms with Gasteiger partial charge in [-0.15, -0.1) is 0 Å². The number of benzene rings is 2. The minimum absolute atomic E-state index is 0.0180. The summed E-state index contributed by atoms with van der Waals surface area (Å²) in [6, 6.07) is 14.7. The number of piperidine rings is 3. The van der Waals surface area contributed by atoms with Crippen LogP contribution in [0.25, 0.3) is 11.1 Å². The zero-order chi connectivity index (χ0) is 24.4. The third-order valence-corrected chi connectivity index (χ3v) is 8.11. The Morgan fingerprint density at radius 2 is 1.89 bits per heavy atom. The number of hydrogen-bond acceptors (Lipinski definition) is 5. The minimum Gasteiger partial charge on any atom is -0.491 e. The van der Waals surface area contributed by atoms with Gasteiger partial charge < -0.3 is 19.5 Å². The molecule has 1 unspecified atom stereocenters. The molecule has 2 aromatic rings.